The molecule has 1 saturated heterocycles. The van der Waals surface area contributed by atoms with Crippen LogP contribution in [0.2, 0.25) is 0 Å². The van der Waals surface area contributed by atoms with E-state index in [0.29, 0.717) is 36.1 Å². The summed E-state index contributed by atoms with van der Waals surface area (Å²) in [7, 11) is 1.67. The van der Waals surface area contributed by atoms with Gasteiger partial charge in [0.2, 0.25) is 5.91 Å². The number of piperazine rings is 1. The van der Waals surface area contributed by atoms with E-state index in [4.69, 9.17) is 4.74 Å². The van der Waals surface area contributed by atoms with Gasteiger partial charge in [-0.3, -0.25) is 10.1 Å². The van der Waals surface area contributed by atoms with Crippen molar-refractivity contribution in [1.82, 2.24) is 14.8 Å². The van der Waals surface area contributed by atoms with Gasteiger partial charge in [-0.1, -0.05) is 49.9 Å². The van der Waals surface area contributed by atoms with E-state index in [1.54, 1.807) is 13.3 Å². The fourth-order valence-corrected chi connectivity index (χ4v) is 7.88. The van der Waals surface area contributed by atoms with Crippen LogP contribution in [0.25, 0.3) is 0 Å². The predicted octanol–water partition coefficient (Wildman–Crippen LogP) is 6.09. The van der Waals surface area contributed by atoms with E-state index in [1.807, 2.05) is 17.0 Å². The average molecular weight is 572 g/mol. The monoisotopic (exact) mass is 571 g/mol. The normalized spacial score (nSPS) is 19.1. The molecule has 0 bridgehead atoms. The lowest BCUT2D eigenvalue weighted by molar-refractivity contribution is -0.128. The van der Waals surface area contributed by atoms with E-state index in [0.717, 1.165) is 54.4 Å². The van der Waals surface area contributed by atoms with Crippen molar-refractivity contribution in [1.29, 1.82) is 0 Å². The lowest BCUT2D eigenvalue weighted by Crippen LogP contribution is -2.50. The number of thioether (sulfide) groups is 1. The summed E-state index contributed by atoms with van der Waals surface area (Å²) in [5, 5.41) is 3.73. The first-order chi connectivity index (χ1) is 19.1. The Balaban J connectivity index is 1.09. The summed E-state index contributed by atoms with van der Waals surface area (Å²) in [5.74, 6) is 1.38. The number of carbonyl (C=O) groups excluding carboxylic acids is 2. The Hall–Kier alpha value is -2.46. The number of hydrogen-bond donors (Lipinski definition) is 1. The summed E-state index contributed by atoms with van der Waals surface area (Å²) in [5.41, 5.74) is 1.15. The smallest absolute Gasteiger partial charge is 0.324 e. The minimum atomic E-state index is 0.00510. The highest BCUT2D eigenvalue weighted by Gasteiger charge is 2.33. The zero-order valence-corrected chi connectivity index (χ0v) is 24.6. The molecule has 8 nitrogen and oxygen atoms in total. The Morgan fingerprint density at radius 2 is 1.59 bits per heavy atom. The number of benzene rings is 1. The maximum absolute atomic E-state index is 13.5. The van der Waals surface area contributed by atoms with Crippen molar-refractivity contribution >= 4 is 45.9 Å². The molecule has 3 fully saturated rings. The number of ether oxygens (including phenoxy) is 1. The summed E-state index contributed by atoms with van der Waals surface area (Å²) >= 11 is 2.97. The van der Waals surface area contributed by atoms with Gasteiger partial charge in [-0.15, -0.1) is 11.8 Å². The first-order valence-electron chi connectivity index (χ1n) is 14.5. The van der Waals surface area contributed by atoms with Gasteiger partial charge >= 0.3 is 6.03 Å². The summed E-state index contributed by atoms with van der Waals surface area (Å²) in [6.45, 7) is 3.07. The molecule has 2 saturated carbocycles. The maximum Gasteiger partial charge on any atom is 0.324 e. The van der Waals surface area contributed by atoms with Crippen LogP contribution in [-0.4, -0.2) is 77.8 Å². The molecule has 2 aliphatic carbocycles. The molecule has 2 aromatic rings. The number of aromatic nitrogens is 1. The summed E-state index contributed by atoms with van der Waals surface area (Å²) in [6, 6.07) is 8.77. The number of carbonyl (C=O) groups is 2. The summed E-state index contributed by atoms with van der Waals surface area (Å²) in [4.78, 5) is 37.3. The molecule has 3 amide bonds. The maximum atomic E-state index is 13.5. The molecule has 1 aliphatic heterocycles. The third-order valence-electron chi connectivity index (χ3n) is 8.28. The zero-order chi connectivity index (χ0) is 27.0. The van der Waals surface area contributed by atoms with Gasteiger partial charge in [-0.05, 0) is 49.9 Å². The number of hydrogen-bond acceptors (Lipinski definition) is 7. The number of urea groups is 1. The van der Waals surface area contributed by atoms with Gasteiger partial charge in [-0.2, -0.15) is 0 Å². The van der Waals surface area contributed by atoms with Crippen molar-refractivity contribution in [2.24, 2.45) is 0 Å². The van der Waals surface area contributed by atoms with Crippen LogP contribution < -0.4 is 15.0 Å². The number of nitrogens with one attached hydrogen (secondary N) is 1. The van der Waals surface area contributed by atoms with Crippen LogP contribution in [0.5, 0.6) is 5.75 Å². The highest BCUT2D eigenvalue weighted by atomic mass is 32.2. The fourth-order valence-electron chi connectivity index (χ4n) is 6.12. The number of thiazole rings is 1. The molecule has 5 rings (SSSR count). The number of nitrogens with zero attached hydrogens (tertiary/aromatic N) is 4. The first-order valence-corrected chi connectivity index (χ1v) is 16.3. The van der Waals surface area contributed by atoms with E-state index in [2.05, 4.69) is 32.2 Å². The largest absolute Gasteiger partial charge is 0.497 e. The lowest BCUT2D eigenvalue weighted by Gasteiger charge is -2.41. The van der Waals surface area contributed by atoms with Crippen LogP contribution >= 0.6 is 23.1 Å². The van der Waals surface area contributed by atoms with E-state index >= 15 is 0 Å². The van der Waals surface area contributed by atoms with Crippen LogP contribution in [0.3, 0.4) is 0 Å². The summed E-state index contributed by atoms with van der Waals surface area (Å²) < 4.78 is 6.21. The molecular formula is C29H41N5O3S2. The SMILES string of the molecule is COc1ccc(N2CCN(C(=O)CSc3cnc(NC(=O)N(C4CCCCC4)C4CCCCC4)s3)CC2)cc1. The van der Waals surface area contributed by atoms with Gasteiger partial charge in [0.15, 0.2) is 5.13 Å². The lowest BCUT2D eigenvalue weighted by atomic mass is 9.89. The van der Waals surface area contributed by atoms with E-state index < -0.39 is 0 Å². The highest BCUT2D eigenvalue weighted by molar-refractivity contribution is 8.01. The van der Waals surface area contributed by atoms with Crippen molar-refractivity contribution in [3.63, 3.8) is 0 Å². The van der Waals surface area contributed by atoms with E-state index in [-0.39, 0.29) is 11.9 Å². The van der Waals surface area contributed by atoms with Crippen molar-refractivity contribution in [3.8, 4) is 5.75 Å². The Bertz CT molecular complexity index is 1060. The highest BCUT2D eigenvalue weighted by Crippen LogP contribution is 2.33. The third kappa shape index (κ3) is 7.39. The number of methoxy groups -OCH3 is 1. The molecule has 0 unspecified atom stereocenters. The molecule has 10 heteroatoms. The molecule has 0 spiro atoms. The molecule has 212 valence electrons. The second kappa shape index (κ2) is 13.7. The Morgan fingerprint density at radius 1 is 0.974 bits per heavy atom. The van der Waals surface area contributed by atoms with E-state index in [9.17, 15) is 9.59 Å². The molecule has 1 N–H and O–H groups in total. The molecule has 0 atom stereocenters. The molecule has 39 heavy (non-hydrogen) atoms. The molecule has 1 aromatic heterocycles. The zero-order valence-electron chi connectivity index (χ0n) is 23.0. The second-order valence-corrected chi connectivity index (χ2v) is 13.1. The van der Waals surface area contributed by atoms with Gasteiger partial charge in [0.25, 0.3) is 0 Å². The summed E-state index contributed by atoms with van der Waals surface area (Å²) in [6.07, 6.45) is 13.6. The fraction of sp³-hybridized carbons (Fsp3) is 0.621. The van der Waals surface area contributed by atoms with Gasteiger partial charge < -0.3 is 19.4 Å². The van der Waals surface area contributed by atoms with Crippen molar-refractivity contribution < 1.29 is 14.3 Å². The van der Waals surface area contributed by atoms with Crippen LogP contribution in [0.4, 0.5) is 15.6 Å². The van der Waals surface area contributed by atoms with Crippen LogP contribution in [0, 0.1) is 0 Å². The molecule has 0 radical (unpaired) electrons. The molecule has 1 aromatic carbocycles. The Labute approximate surface area is 240 Å². The van der Waals surface area contributed by atoms with Crippen LogP contribution in [-0.2, 0) is 4.79 Å². The van der Waals surface area contributed by atoms with E-state index in [1.165, 1.54) is 61.6 Å². The predicted molar refractivity (Wildman–Crippen MR) is 159 cm³/mol. The van der Waals surface area contributed by atoms with Crippen LogP contribution in [0.15, 0.2) is 34.7 Å². The van der Waals surface area contributed by atoms with Crippen LogP contribution in [0.1, 0.15) is 64.2 Å². The van der Waals surface area contributed by atoms with Gasteiger partial charge in [0, 0.05) is 44.0 Å². The molecule has 2 heterocycles. The standard InChI is InChI=1S/C29H41N5O3S2/c1-37-25-14-12-22(13-15-25)32-16-18-33(19-17-32)26(35)21-38-27-20-30-28(39-27)31-29(36)34(23-8-4-2-5-9-23)24-10-6-3-7-11-24/h12-15,20,23-24H,2-11,16-19,21H2,1H3,(H,30,31,36). The van der Waals surface area contributed by atoms with Gasteiger partial charge in [-0.25, -0.2) is 9.78 Å². The molecule has 3 aliphatic rings. The first kappa shape index (κ1) is 28.1. The van der Waals surface area contributed by atoms with Crippen molar-refractivity contribution in [2.75, 3.05) is 49.3 Å². The minimum absolute atomic E-state index is 0.00510. The van der Waals surface area contributed by atoms with Crippen molar-refractivity contribution in [3.05, 3.63) is 30.5 Å². The molecular weight excluding hydrogens is 530 g/mol. The number of amides is 3. The van der Waals surface area contributed by atoms with Gasteiger partial charge in [0.05, 0.1) is 23.3 Å². The minimum Gasteiger partial charge on any atom is -0.497 e. The third-order valence-corrected chi connectivity index (χ3v) is 10.4. The quantitative estimate of drug-likeness (QED) is 0.386. The average Bonchev–Trinajstić information content (AvgIpc) is 3.44. The Morgan fingerprint density at radius 3 is 2.18 bits per heavy atom. The Kier molecular flexibility index (Phi) is 9.90. The van der Waals surface area contributed by atoms with Crippen molar-refractivity contribution in [2.45, 2.75) is 80.5 Å². The number of anilines is 2. The number of rotatable bonds is 8. The topological polar surface area (TPSA) is 78.0 Å². The van der Waals surface area contributed by atoms with Gasteiger partial charge in [0.1, 0.15) is 5.75 Å². The second-order valence-electron chi connectivity index (χ2n) is 10.8.